The highest BCUT2D eigenvalue weighted by molar-refractivity contribution is 7.09. The van der Waals surface area contributed by atoms with E-state index < -0.39 is 0 Å². The van der Waals surface area contributed by atoms with Crippen LogP contribution in [0.25, 0.3) is 0 Å². The number of thiazole rings is 1. The topological polar surface area (TPSA) is 63.2 Å². The Bertz CT molecular complexity index is 538. The molecule has 2 fully saturated rings. The lowest BCUT2D eigenvalue weighted by molar-refractivity contribution is -0.128. The standard InChI is InChI=1S/C17H27N3O2S.ClH/c1-11(2)17-20-13(10-23-17)5-6-19-16(21)12-3-4-15-14(9-12)18-7-8-22-15;/h10-12,14-15,18H,3-9H2,1-2H3,(H,19,21);1H/t12-,14+,15+;/m0./s1. The van der Waals surface area contributed by atoms with E-state index in [1.807, 2.05) is 0 Å². The van der Waals surface area contributed by atoms with Crippen LogP contribution >= 0.6 is 23.7 Å². The Morgan fingerprint density at radius 3 is 3.08 bits per heavy atom. The van der Waals surface area contributed by atoms with Crippen molar-refractivity contribution < 1.29 is 9.53 Å². The molecule has 1 saturated heterocycles. The van der Waals surface area contributed by atoms with Crippen LogP contribution in [0.3, 0.4) is 0 Å². The summed E-state index contributed by atoms with van der Waals surface area (Å²) < 4.78 is 5.77. The minimum atomic E-state index is 0. The predicted molar refractivity (Wildman–Crippen MR) is 99.0 cm³/mol. The van der Waals surface area contributed by atoms with Crippen LogP contribution in [-0.2, 0) is 16.0 Å². The molecule has 0 radical (unpaired) electrons. The van der Waals surface area contributed by atoms with E-state index in [4.69, 9.17) is 4.74 Å². The van der Waals surface area contributed by atoms with Crippen molar-refractivity contribution in [2.24, 2.45) is 5.92 Å². The number of ether oxygens (including phenoxy) is 1. The summed E-state index contributed by atoms with van der Waals surface area (Å²) in [7, 11) is 0. The zero-order chi connectivity index (χ0) is 16.2. The molecule has 0 aromatic carbocycles. The van der Waals surface area contributed by atoms with Crippen molar-refractivity contribution in [3.63, 3.8) is 0 Å². The molecule has 7 heteroatoms. The maximum absolute atomic E-state index is 12.4. The van der Waals surface area contributed by atoms with Crippen molar-refractivity contribution in [3.8, 4) is 0 Å². The lowest BCUT2D eigenvalue weighted by Gasteiger charge is -2.39. The highest BCUT2D eigenvalue weighted by Gasteiger charge is 2.35. The Hall–Kier alpha value is -0.690. The second-order valence-corrected chi connectivity index (χ2v) is 7.74. The Morgan fingerprint density at radius 2 is 2.33 bits per heavy atom. The first-order valence-corrected chi connectivity index (χ1v) is 9.58. The van der Waals surface area contributed by atoms with E-state index >= 15 is 0 Å². The number of halogens is 1. The molecule has 2 N–H and O–H groups in total. The van der Waals surface area contributed by atoms with Crippen LogP contribution in [0.2, 0.25) is 0 Å². The normalized spacial score (nSPS) is 26.5. The molecule has 1 amide bonds. The van der Waals surface area contributed by atoms with E-state index in [-0.39, 0.29) is 24.2 Å². The third-order valence-corrected chi connectivity index (χ3v) is 5.94. The summed E-state index contributed by atoms with van der Waals surface area (Å²) in [4.78, 5) is 17.0. The Labute approximate surface area is 154 Å². The molecule has 3 rings (SSSR count). The van der Waals surface area contributed by atoms with E-state index in [0.717, 1.165) is 44.5 Å². The van der Waals surface area contributed by atoms with Gasteiger partial charge in [0.2, 0.25) is 5.91 Å². The van der Waals surface area contributed by atoms with Crippen LogP contribution in [0.5, 0.6) is 0 Å². The summed E-state index contributed by atoms with van der Waals surface area (Å²) in [5.41, 5.74) is 1.09. The van der Waals surface area contributed by atoms with Gasteiger partial charge in [0.15, 0.2) is 0 Å². The number of aromatic nitrogens is 1. The molecule has 0 bridgehead atoms. The number of nitrogens with zero attached hydrogens (tertiary/aromatic N) is 1. The fraction of sp³-hybridized carbons (Fsp3) is 0.765. The van der Waals surface area contributed by atoms with E-state index in [1.165, 1.54) is 5.01 Å². The van der Waals surface area contributed by atoms with Gasteiger partial charge in [-0.3, -0.25) is 4.79 Å². The summed E-state index contributed by atoms with van der Waals surface area (Å²) in [6, 6.07) is 0.348. The molecule has 24 heavy (non-hydrogen) atoms. The van der Waals surface area contributed by atoms with E-state index in [2.05, 4.69) is 34.8 Å². The first-order valence-electron chi connectivity index (χ1n) is 8.70. The fourth-order valence-electron chi connectivity index (χ4n) is 3.41. The third kappa shape index (κ3) is 4.91. The molecular formula is C17H28ClN3O2S. The highest BCUT2D eigenvalue weighted by atomic mass is 35.5. The number of amides is 1. The molecule has 3 atom stereocenters. The molecule has 1 aliphatic carbocycles. The highest BCUT2D eigenvalue weighted by Crippen LogP contribution is 2.28. The molecule has 5 nitrogen and oxygen atoms in total. The first kappa shape index (κ1) is 19.6. The van der Waals surface area contributed by atoms with Crippen molar-refractivity contribution in [2.75, 3.05) is 19.7 Å². The van der Waals surface area contributed by atoms with Gasteiger partial charge in [0, 0.05) is 42.8 Å². The van der Waals surface area contributed by atoms with Gasteiger partial charge in [0.1, 0.15) is 0 Å². The number of nitrogens with one attached hydrogen (secondary N) is 2. The molecule has 2 aliphatic rings. The average Bonchev–Trinajstić information content (AvgIpc) is 3.03. The average molecular weight is 374 g/mol. The largest absolute Gasteiger partial charge is 0.375 e. The van der Waals surface area contributed by atoms with Crippen LogP contribution in [0.1, 0.15) is 49.7 Å². The second-order valence-electron chi connectivity index (χ2n) is 6.85. The first-order chi connectivity index (χ1) is 11.1. The van der Waals surface area contributed by atoms with Gasteiger partial charge in [-0.05, 0) is 19.3 Å². The number of morpholine rings is 1. The Morgan fingerprint density at radius 1 is 1.50 bits per heavy atom. The summed E-state index contributed by atoms with van der Waals surface area (Å²) >= 11 is 1.71. The van der Waals surface area contributed by atoms with Crippen molar-refractivity contribution >= 4 is 29.7 Å². The van der Waals surface area contributed by atoms with Crippen LogP contribution in [0.4, 0.5) is 0 Å². The Kier molecular flexibility index (Phi) is 7.47. The van der Waals surface area contributed by atoms with E-state index in [9.17, 15) is 4.79 Å². The van der Waals surface area contributed by atoms with Crippen molar-refractivity contribution in [1.82, 2.24) is 15.6 Å². The number of carbonyl (C=O) groups excluding carboxylic acids is 1. The van der Waals surface area contributed by atoms with Crippen molar-refractivity contribution in [2.45, 2.75) is 57.6 Å². The molecule has 2 heterocycles. The molecule has 1 aromatic rings. The summed E-state index contributed by atoms with van der Waals surface area (Å²) in [5.74, 6) is 0.783. The Balaban J connectivity index is 0.00000208. The fourth-order valence-corrected chi connectivity index (χ4v) is 4.28. The molecule has 1 saturated carbocycles. The molecule has 136 valence electrons. The van der Waals surface area contributed by atoms with Gasteiger partial charge in [-0.1, -0.05) is 13.8 Å². The van der Waals surface area contributed by atoms with Gasteiger partial charge < -0.3 is 15.4 Å². The monoisotopic (exact) mass is 373 g/mol. The quantitative estimate of drug-likeness (QED) is 0.832. The number of hydrogen-bond acceptors (Lipinski definition) is 5. The molecular weight excluding hydrogens is 346 g/mol. The number of fused-ring (bicyclic) bond motifs is 1. The van der Waals surface area contributed by atoms with Crippen LogP contribution < -0.4 is 10.6 Å². The minimum absolute atomic E-state index is 0. The van der Waals surface area contributed by atoms with Crippen molar-refractivity contribution in [3.05, 3.63) is 16.1 Å². The van der Waals surface area contributed by atoms with Crippen LogP contribution in [0, 0.1) is 5.92 Å². The number of carbonyl (C=O) groups is 1. The zero-order valence-electron chi connectivity index (χ0n) is 14.4. The minimum Gasteiger partial charge on any atom is -0.375 e. The van der Waals surface area contributed by atoms with Gasteiger partial charge in [-0.2, -0.15) is 0 Å². The number of hydrogen-bond donors (Lipinski definition) is 2. The molecule has 1 aromatic heterocycles. The maximum Gasteiger partial charge on any atom is 0.223 e. The van der Waals surface area contributed by atoms with Crippen LogP contribution in [-0.4, -0.2) is 42.7 Å². The predicted octanol–water partition coefficient (Wildman–Crippen LogP) is 2.50. The zero-order valence-corrected chi connectivity index (χ0v) is 16.0. The maximum atomic E-state index is 12.4. The smallest absolute Gasteiger partial charge is 0.223 e. The van der Waals surface area contributed by atoms with Crippen LogP contribution in [0.15, 0.2) is 5.38 Å². The SMILES string of the molecule is CC(C)c1nc(CCNC(=O)[C@H]2CC[C@H]3OCCN[C@@H]3C2)cs1.Cl. The third-order valence-electron chi connectivity index (χ3n) is 4.74. The second kappa shape index (κ2) is 9.13. The lowest BCUT2D eigenvalue weighted by atomic mass is 9.82. The van der Waals surface area contributed by atoms with Crippen molar-refractivity contribution in [1.29, 1.82) is 0 Å². The summed E-state index contributed by atoms with van der Waals surface area (Å²) in [6.07, 6.45) is 3.93. The lowest BCUT2D eigenvalue weighted by Crippen LogP contribution is -2.53. The van der Waals surface area contributed by atoms with Gasteiger partial charge >= 0.3 is 0 Å². The van der Waals surface area contributed by atoms with Gasteiger partial charge in [-0.15, -0.1) is 23.7 Å². The van der Waals surface area contributed by atoms with Gasteiger partial charge in [-0.25, -0.2) is 4.98 Å². The number of rotatable bonds is 5. The molecule has 0 spiro atoms. The van der Waals surface area contributed by atoms with E-state index in [0.29, 0.717) is 24.6 Å². The van der Waals surface area contributed by atoms with Gasteiger partial charge in [0.25, 0.3) is 0 Å². The van der Waals surface area contributed by atoms with E-state index in [1.54, 1.807) is 11.3 Å². The summed E-state index contributed by atoms with van der Waals surface area (Å²) in [5, 5.41) is 9.86. The summed E-state index contributed by atoms with van der Waals surface area (Å²) in [6.45, 7) is 6.68. The molecule has 1 aliphatic heterocycles. The molecule has 0 unspecified atom stereocenters. The van der Waals surface area contributed by atoms with Gasteiger partial charge in [0.05, 0.1) is 23.4 Å².